The molecular weight excluding hydrogens is 209 g/mol. The van der Waals surface area contributed by atoms with Crippen LogP contribution in [-0.2, 0) is 17.5 Å². The lowest BCUT2D eigenvalue weighted by molar-refractivity contribution is -0.144. The van der Waals surface area contributed by atoms with Crippen LogP contribution in [0.5, 0.6) is 0 Å². The Labute approximate surface area is 84.9 Å². The van der Waals surface area contributed by atoms with Crippen LogP contribution >= 0.6 is 0 Å². The minimum atomic E-state index is -4.47. The highest BCUT2D eigenvalue weighted by Crippen LogP contribution is 2.31. The monoisotopic (exact) mass is 220 g/mol. The Balaban J connectivity index is 3.17. The maximum atomic E-state index is 12.5. The molecule has 0 saturated heterocycles. The molecule has 0 aliphatic heterocycles. The standard InChI is InChI=1S/C9H11F3N2O/c1-6(2)7-5-8(9(10,11)12)14(13-7)3-4-15/h4-6H,3H2,1-2H3. The van der Waals surface area contributed by atoms with Crippen molar-refractivity contribution >= 4 is 6.29 Å². The zero-order valence-corrected chi connectivity index (χ0v) is 8.38. The van der Waals surface area contributed by atoms with Gasteiger partial charge in [-0.25, -0.2) is 0 Å². The molecule has 6 heteroatoms. The summed E-state index contributed by atoms with van der Waals surface area (Å²) in [6.07, 6.45) is -4.07. The van der Waals surface area contributed by atoms with E-state index in [4.69, 9.17) is 0 Å². The molecule has 0 aromatic carbocycles. The van der Waals surface area contributed by atoms with E-state index in [1.54, 1.807) is 13.8 Å². The van der Waals surface area contributed by atoms with E-state index < -0.39 is 11.9 Å². The van der Waals surface area contributed by atoms with Crippen LogP contribution in [-0.4, -0.2) is 16.1 Å². The first kappa shape index (κ1) is 11.7. The van der Waals surface area contributed by atoms with E-state index in [1.165, 1.54) is 0 Å². The lowest BCUT2D eigenvalue weighted by atomic mass is 10.1. The lowest BCUT2D eigenvalue weighted by Gasteiger charge is -2.06. The van der Waals surface area contributed by atoms with E-state index in [1.807, 2.05) is 0 Å². The number of halogens is 3. The van der Waals surface area contributed by atoms with E-state index in [9.17, 15) is 18.0 Å². The maximum Gasteiger partial charge on any atom is 0.433 e. The molecule has 0 aliphatic carbocycles. The molecule has 0 fully saturated rings. The minimum Gasteiger partial charge on any atom is -0.301 e. The molecule has 3 nitrogen and oxygen atoms in total. The molecule has 1 rings (SSSR count). The van der Waals surface area contributed by atoms with Gasteiger partial charge in [0.2, 0.25) is 0 Å². The first-order valence-corrected chi connectivity index (χ1v) is 4.45. The molecule has 0 bridgehead atoms. The predicted molar refractivity (Wildman–Crippen MR) is 47.4 cm³/mol. The second-order valence-electron chi connectivity index (χ2n) is 3.46. The molecule has 0 N–H and O–H groups in total. The van der Waals surface area contributed by atoms with Crippen molar-refractivity contribution in [3.8, 4) is 0 Å². The second-order valence-corrected chi connectivity index (χ2v) is 3.46. The van der Waals surface area contributed by atoms with Crippen LogP contribution in [0.4, 0.5) is 13.2 Å². The third-order valence-corrected chi connectivity index (χ3v) is 1.93. The van der Waals surface area contributed by atoms with Crippen molar-refractivity contribution in [2.45, 2.75) is 32.5 Å². The number of aromatic nitrogens is 2. The van der Waals surface area contributed by atoms with E-state index in [-0.39, 0.29) is 12.5 Å². The van der Waals surface area contributed by atoms with Gasteiger partial charge in [0.25, 0.3) is 0 Å². The zero-order chi connectivity index (χ0) is 11.6. The summed E-state index contributed by atoms with van der Waals surface area (Å²) in [4.78, 5) is 10.2. The quantitative estimate of drug-likeness (QED) is 0.732. The normalized spacial score (nSPS) is 12.1. The van der Waals surface area contributed by atoms with Crippen molar-refractivity contribution < 1.29 is 18.0 Å². The van der Waals surface area contributed by atoms with Crippen molar-refractivity contribution in [1.82, 2.24) is 9.78 Å². The number of rotatable bonds is 3. The van der Waals surface area contributed by atoms with Crippen LogP contribution < -0.4 is 0 Å². The highest BCUT2D eigenvalue weighted by atomic mass is 19.4. The second kappa shape index (κ2) is 4.04. The Morgan fingerprint density at radius 1 is 1.53 bits per heavy atom. The summed E-state index contributed by atoms with van der Waals surface area (Å²) in [5.74, 6) is -0.0981. The van der Waals surface area contributed by atoms with E-state index in [2.05, 4.69) is 5.10 Å². The van der Waals surface area contributed by atoms with Gasteiger partial charge < -0.3 is 4.79 Å². The highest BCUT2D eigenvalue weighted by Gasteiger charge is 2.35. The zero-order valence-electron chi connectivity index (χ0n) is 8.38. The van der Waals surface area contributed by atoms with Crippen molar-refractivity contribution in [3.63, 3.8) is 0 Å². The van der Waals surface area contributed by atoms with Crippen LogP contribution in [0, 0.1) is 0 Å². The van der Waals surface area contributed by atoms with Crippen molar-refractivity contribution in [1.29, 1.82) is 0 Å². The van der Waals surface area contributed by atoms with E-state index in [0.717, 1.165) is 6.07 Å². The average molecular weight is 220 g/mol. The third kappa shape index (κ3) is 2.57. The van der Waals surface area contributed by atoms with Gasteiger partial charge in [-0.1, -0.05) is 13.8 Å². The molecular formula is C9H11F3N2O. The molecule has 1 heterocycles. The molecule has 0 radical (unpaired) electrons. The predicted octanol–water partition coefficient (Wildman–Crippen LogP) is 2.22. The lowest BCUT2D eigenvalue weighted by Crippen LogP contribution is -2.15. The Kier molecular flexibility index (Phi) is 3.16. The largest absolute Gasteiger partial charge is 0.433 e. The van der Waals surface area contributed by atoms with Gasteiger partial charge in [0.05, 0.1) is 12.2 Å². The number of hydrogen-bond acceptors (Lipinski definition) is 2. The number of carbonyl (C=O) groups is 1. The molecule has 15 heavy (non-hydrogen) atoms. The van der Waals surface area contributed by atoms with Gasteiger partial charge in [-0.2, -0.15) is 18.3 Å². The highest BCUT2D eigenvalue weighted by molar-refractivity contribution is 5.49. The minimum absolute atomic E-state index is 0.0981. The van der Waals surface area contributed by atoms with Crippen molar-refractivity contribution in [3.05, 3.63) is 17.5 Å². The van der Waals surface area contributed by atoms with Gasteiger partial charge in [0.15, 0.2) is 0 Å². The summed E-state index contributed by atoms with van der Waals surface area (Å²) in [7, 11) is 0. The smallest absolute Gasteiger partial charge is 0.301 e. The molecule has 0 amide bonds. The first-order chi connectivity index (χ1) is 6.86. The first-order valence-electron chi connectivity index (χ1n) is 4.45. The molecule has 0 saturated carbocycles. The number of nitrogens with zero attached hydrogens (tertiary/aromatic N) is 2. The summed E-state index contributed by atoms with van der Waals surface area (Å²) in [6, 6.07) is 0.980. The van der Waals surface area contributed by atoms with E-state index in [0.29, 0.717) is 16.7 Å². The van der Waals surface area contributed by atoms with Gasteiger partial charge >= 0.3 is 6.18 Å². The van der Waals surface area contributed by atoms with Gasteiger partial charge in [-0.3, -0.25) is 4.68 Å². The van der Waals surface area contributed by atoms with Gasteiger partial charge in [-0.05, 0) is 12.0 Å². The summed E-state index contributed by atoms with van der Waals surface area (Å²) < 4.78 is 38.1. The fourth-order valence-corrected chi connectivity index (χ4v) is 1.16. The number of hydrogen-bond donors (Lipinski definition) is 0. The van der Waals surface area contributed by atoms with Gasteiger partial charge in [-0.15, -0.1) is 0 Å². The molecule has 1 aromatic rings. The molecule has 0 atom stereocenters. The molecule has 0 aliphatic rings. The van der Waals surface area contributed by atoms with Crippen molar-refractivity contribution in [2.75, 3.05) is 0 Å². The summed E-state index contributed by atoms with van der Waals surface area (Å²) in [5.41, 5.74) is -0.539. The van der Waals surface area contributed by atoms with Crippen LogP contribution in [0.3, 0.4) is 0 Å². The molecule has 0 spiro atoms. The van der Waals surface area contributed by atoms with Gasteiger partial charge in [0, 0.05) is 0 Å². The Bertz CT molecular complexity index is 355. The number of aldehydes is 1. The SMILES string of the molecule is CC(C)c1cc(C(F)(F)F)n(CC=O)n1. The summed E-state index contributed by atoms with van der Waals surface area (Å²) >= 11 is 0. The fourth-order valence-electron chi connectivity index (χ4n) is 1.16. The van der Waals surface area contributed by atoms with E-state index >= 15 is 0 Å². The molecule has 84 valence electrons. The third-order valence-electron chi connectivity index (χ3n) is 1.93. The van der Waals surface area contributed by atoms with Crippen LogP contribution in [0.1, 0.15) is 31.2 Å². The number of carbonyl (C=O) groups excluding carboxylic acids is 1. The molecule has 1 aromatic heterocycles. The topological polar surface area (TPSA) is 34.9 Å². The Hall–Kier alpha value is -1.33. The number of alkyl halides is 3. The van der Waals surface area contributed by atoms with Crippen LogP contribution in [0.15, 0.2) is 6.07 Å². The van der Waals surface area contributed by atoms with Crippen LogP contribution in [0.25, 0.3) is 0 Å². The van der Waals surface area contributed by atoms with Crippen LogP contribution in [0.2, 0.25) is 0 Å². The Morgan fingerprint density at radius 3 is 2.53 bits per heavy atom. The molecule has 0 unspecified atom stereocenters. The fraction of sp³-hybridized carbons (Fsp3) is 0.556. The average Bonchev–Trinajstić information content (AvgIpc) is 2.48. The Morgan fingerprint density at radius 2 is 2.13 bits per heavy atom. The van der Waals surface area contributed by atoms with Crippen molar-refractivity contribution in [2.24, 2.45) is 0 Å². The maximum absolute atomic E-state index is 12.5. The van der Waals surface area contributed by atoms with Gasteiger partial charge in [0.1, 0.15) is 12.0 Å². The summed E-state index contributed by atoms with van der Waals surface area (Å²) in [6.45, 7) is 3.11. The summed E-state index contributed by atoms with van der Waals surface area (Å²) in [5, 5.41) is 3.73.